The van der Waals surface area contributed by atoms with Gasteiger partial charge in [0, 0.05) is 11.5 Å². The Labute approximate surface area is 128 Å². The molecule has 116 valence electrons. The smallest absolute Gasteiger partial charge is 0.423 e. The predicted molar refractivity (Wildman–Crippen MR) is 78.0 cm³/mol. The van der Waals surface area contributed by atoms with Crippen LogP contribution in [0.15, 0.2) is 29.1 Å². The first-order valence-corrected chi connectivity index (χ1v) is 6.38. The summed E-state index contributed by atoms with van der Waals surface area (Å²) in [5.74, 6) is -2.63. The lowest BCUT2D eigenvalue weighted by Gasteiger charge is -2.15. The van der Waals surface area contributed by atoms with Crippen molar-refractivity contribution in [3.05, 3.63) is 51.6 Å². The molecule has 5 N–H and O–H groups in total. The van der Waals surface area contributed by atoms with Crippen molar-refractivity contribution in [1.29, 1.82) is 0 Å². The van der Waals surface area contributed by atoms with E-state index in [0.29, 0.717) is 0 Å². The Hall–Kier alpha value is -2.98. The first kappa shape index (κ1) is 14.9. The van der Waals surface area contributed by atoms with E-state index in [1.165, 1.54) is 0 Å². The van der Waals surface area contributed by atoms with E-state index >= 15 is 0 Å². The van der Waals surface area contributed by atoms with Gasteiger partial charge in [-0.2, -0.15) is 0 Å². The fraction of sp³-hybridized carbons (Fsp3) is 0. The number of nitrogens with two attached hydrogens (primary N) is 1. The van der Waals surface area contributed by atoms with Crippen LogP contribution in [0.25, 0.3) is 5.69 Å². The third-order valence-corrected chi connectivity index (χ3v) is 3.46. The molecular weight excluding hydrogens is 308 g/mol. The fourth-order valence-electron chi connectivity index (χ4n) is 2.46. The number of hydrogen-bond acceptors (Lipinski definition) is 6. The Morgan fingerprint density at radius 2 is 1.83 bits per heavy atom. The summed E-state index contributed by atoms with van der Waals surface area (Å²) in [7, 11) is -2.07. The number of nitrogen functional groups attached to an aromatic ring is 1. The van der Waals surface area contributed by atoms with E-state index in [9.17, 15) is 28.8 Å². The van der Waals surface area contributed by atoms with Crippen LogP contribution in [-0.4, -0.2) is 33.5 Å². The molecule has 0 atom stereocenters. The first-order chi connectivity index (χ1) is 10.8. The van der Waals surface area contributed by atoms with E-state index in [1.54, 1.807) is 0 Å². The Kier molecular flexibility index (Phi) is 3.27. The molecule has 0 spiro atoms. The molecule has 1 aromatic heterocycles. The largest absolute Gasteiger partial charge is 0.490 e. The monoisotopic (exact) mass is 317 g/mol. The molecule has 0 saturated carbocycles. The van der Waals surface area contributed by atoms with E-state index < -0.39 is 30.3 Å². The zero-order valence-electron chi connectivity index (χ0n) is 11.4. The maximum absolute atomic E-state index is 13.3. The van der Waals surface area contributed by atoms with Crippen LogP contribution in [0.2, 0.25) is 0 Å². The van der Waals surface area contributed by atoms with Crippen LogP contribution in [0.3, 0.4) is 0 Å². The molecule has 1 aliphatic rings. The summed E-state index contributed by atoms with van der Waals surface area (Å²) in [6.07, 6.45) is 0. The highest BCUT2D eigenvalue weighted by atomic mass is 19.1. The number of carbonyl (C=O) groups excluding carboxylic acids is 2. The number of benzene rings is 1. The van der Waals surface area contributed by atoms with Gasteiger partial charge in [0.25, 0.3) is 17.4 Å². The molecule has 0 saturated heterocycles. The quantitative estimate of drug-likeness (QED) is 0.378. The van der Waals surface area contributed by atoms with Gasteiger partial charge in [-0.25, -0.2) is 4.39 Å². The van der Waals surface area contributed by atoms with Gasteiger partial charge in [-0.15, -0.1) is 0 Å². The Morgan fingerprint density at radius 1 is 1.13 bits per heavy atom. The van der Waals surface area contributed by atoms with E-state index in [-0.39, 0.29) is 28.1 Å². The van der Waals surface area contributed by atoms with Gasteiger partial charge in [-0.05, 0) is 18.2 Å². The Bertz CT molecular complexity index is 925. The molecule has 0 aliphatic carbocycles. The van der Waals surface area contributed by atoms with E-state index in [0.717, 1.165) is 28.8 Å². The number of halogens is 1. The van der Waals surface area contributed by atoms with Gasteiger partial charge < -0.3 is 15.8 Å². The van der Waals surface area contributed by atoms with Crippen molar-refractivity contribution in [3.8, 4) is 5.69 Å². The number of amides is 2. The van der Waals surface area contributed by atoms with Crippen LogP contribution in [0.5, 0.6) is 0 Å². The molecule has 1 aromatic carbocycles. The third-order valence-electron chi connectivity index (χ3n) is 3.46. The lowest BCUT2D eigenvalue weighted by atomic mass is 9.78. The van der Waals surface area contributed by atoms with E-state index in [4.69, 9.17) is 5.73 Å². The van der Waals surface area contributed by atoms with Gasteiger partial charge in [0.15, 0.2) is 0 Å². The van der Waals surface area contributed by atoms with Crippen LogP contribution in [0.4, 0.5) is 10.2 Å². The molecule has 2 aromatic rings. The summed E-state index contributed by atoms with van der Waals surface area (Å²) in [6.45, 7) is 0. The van der Waals surface area contributed by atoms with Crippen molar-refractivity contribution in [2.45, 2.75) is 0 Å². The lowest BCUT2D eigenvalue weighted by Crippen LogP contribution is -2.37. The zero-order chi connectivity index (χ0) is 16.9. The maximum atomic E-state index is 13.3. The molecule has 0 fully saturated rings. The molecule has 2 amide bonds. The van der Waals surface area contributed by atoms with E-state index in [2.05, 4.69) is 0 Å². The number of rotatable bonds is 2. The standard InChI is InChI=1S/C13H9BFN3O5/c15-5-1-2-8(7(3-5)14(22)23)18-9(19)4-6-10(11(18)16)13(21)17-12(6)20/h1-4,22-23H,16H2,(H,17,20,21). The van der Waals surface area contributed by atoms with Crippen molar-refractivity contribution in [1.82, 2.24) is 9.88 Å². The highest BCUT2D eigenvalue weighted by Crippen LogP contribution is 2.22. The summed E-state index contributed by atoms with van der Waals surface area (Å²) in [6, 6.07) is 3.83. The van der Waals surface area contributed by atoms with Gasteiger partial charge in [-0.1, -0.05) is 0 Å². The molecule has 8 nitrogen and oxygen atoms in total. The minimum Gasteiger partial charge on any atom is -0.423 e. The van der Waals surface area contributed by atoms with Crippen molar-refractivity contribution in [3.63, 3.8) is 0 Å². The van der Waals surface area contributed by atoms with Crippen LogP contribution < -0.4 is 22.1 Å². The Morgan fingerprint density at radius 3 is 2.48 bits per heavy atom. The summed E-state index contributed by atoms with van der Waals surface area (Å²) < 4.78 is 14.1. The molecule has 2 heterocycles. The van der Waals surface area contributed by atoms with Gasteiger partial charge in [0.1, 0.15) is 11.6 Å². The minimum absolute atomic E-state index is 0.112. The number of aromatic nitrogens is 1. The molecule has 0 bridgehead atoms. The minimum atomic E-state index is -2.07. The second-order valence-corrected chi connectivity index (χ2v) is 4.85. The molecule has 0 unspecified atom stereocenters. The Balaban J connectivity index is 2.36. The molecule has 10 heteroatoms. The summed E-state index contributed by atoms with van der Waals surface area (Å²) in [4.78, 5) is 35.6. The summed E-state index contributed by atoms with van der Waals surface area (Å²) >= 11 is 0. The number of anilines is 1. The van der Waals surface area contributed by atoms with Crippen molar-refractivity contribution < 1.29 is 24.0 Å². The van der Waals surface area contributed by atoms with Gasteiger partial charge in [0.2, 0.25) is 0 Å². The summed E-state index contributed by atoms with van der Waals surface area (Å²) in [5, 5.41) is 20.7. The van der Waals surface area contributed by atoms with Crippen LogP contribution in [-0.2, 0) is 0 Å². The highest BCUT2D eigenvalue weighted by Gasteiger charge is 2.32. The predicted octanol–water partition coefficient (Wildman–Crippen LogP) is -1.88. The molecule has 1 aliphatic heterocycles. The number of pyridine rings is 1. The average Bonchev–Trinajstić information content (AvgIpc) is 2.74. The second kappa shape index (κ2) is 5.04. The van der Waals surface area contributed by atoms with Crippen molar-refractivity contribution in [2.24, 2.45) is 0 Å². The van der Waals surface area contributed by atoms with Gasteiger partial charge in [-0.3, -0.25) is 24.3 Å². The first-order valence-electron chi connectivity index (χ1n) is 6.38. The number of carbonyl (C=O) groups is 2. The fourth-order valence-corrected chi connectivity index (χ4v) is 2.46. The number of nitrogens with one attached hydrogen (secondary N) is 1. The molecule has 23 heavy (non-hydrogen) atoms. The maximum Gasteiger partial charge on any atom is 0.490 e. The molecule has 3 rings (SSSR count). The normalized spacial score (nSPS) is 13.0. The van der Waals surface area contributed by atoms with Crippen molar-refractivity contribution in [2.75, 3.05) is 5.73 Å². The van der Waals surface area contributed by atoms with E-state index in [1.807, 2.05) is 5.32 Å². The van der Waals surface area contributed by atoms with Crippen molar-refractivity contribution >= 4 is 30.2 Å². The topological polar surface area (TPSA) is 135 Å². The lowest BCUT2D eigenvalue weighted by molar-refractivity contribution is 0.0880. The summed E-state index contributed by atoms with van der Waals surface area (Å²) in [5.41, 5.74) is 4.25. The number of imide groups is 1. The number of nitrogens with zero attached hydrogens (tertiary/aromatic N) is 1. The van der Waals surface area contributed by atoms with Gasteiger partial charge >= 0.3 is 7.12 Å². The zero-order valence-corrected chi connectivity index (χ0v) is 11.4. The van der Waals surface area contributed by atoms with Gasteiger partial charge in [0.05, 0.1) is 16.8 Å². The average molecular weight is 317 g/mol. The molecule has 0 radical (unpaired) electrons. The number of fused-ring (bicyclic) bond motifs is 1. The van der Waals surface area contributed by atoms with Crippen LogP contribution in [0.1, 0.15) is 20.7 Å². The highest BCUT2D eigenvalue weighted by molar-refractivity contribution is 6.60. The number of hydrogen-bond donors (Lipinski definition) is 4. The SMILES string of the molecule is Nc1c2c(cc(=O)n1-c1ccc(F)cc1B(O)O)C(=O)NC2=O. The second-order valence-electron chi connectivity index (χ2n) is 4.85. The molecular formula is C13H9BFN3O5. The third kappa shape index (κ3) is 2.20. The van der Waals surface area contributed by atoms with Crippen LogP contribution in [0, 0.1) is 5.82 Å². The van der Waals surface area contributed by atoms with Crippen LogP contribution >= 0.6 is 0 Å².